The van der Waals surface area contributed by atoms with Crippen LogP contribution in [0.4, 0.5) is 9.18 Å². The van der Waals surface area contributed by atoms with E-state index in [4.69, 9.17) is 4.42 Å². The minimum Gasteiger partial charge on any atom is -0.444 e. The summed E-state index contributed by atoms with van der Waals surface area (Å²) in [6.45, 7) is 3.43. The van der Waals surface area contributed by atoms with E-state index in [0.717, 1.165) is 30.6 Å². The predicted octanol–water partition coefficient (Wildman–Crippen LogP) is 3.61. The van der Waals surface area contributed by atoms with Gasteiger partial charge in [-0.15, -0.1) is 0 Å². The second-order valence-electron chi connectivity index (χ2n) is 6.17. The summed E-state index contributed by atoms with van der Waals surface area (Å²) in [6, 6.07) is 6.30. The van der Waals surface area contributed by atoms with E-state index in [1.54, 1.807) is 18.4 Å². The lowest BCUT2D eigenvalue weighted by Crippen LogP contribution is -2.47. The van der Waals surface area contributed by atoms with Crippen LogP contribution in [-0.2, 0) is 6.42 Å². The van der Waals surface area contributed by atoms with Crippen molar-refractivity contribution in [3.63, 3.8) is 0 Å². The molecule has 1 saturated heterocycles. The van der Waals surface area contributed by atoms with E-state index in [0.29, 0.717) is 24.9 Å². The Labute approximate surface area is 140 Å². The van der Waals surface area contributed by atoms with E-state index >= 15 is 0 Å². The molecule has 1 atom stereocenters. The third kappa shape index (κ3) is 3.93. The zero-order valence-corrected chi connectivity index (χ0v) is 13.8. The number of urea groups is 1. The summed E-state index contributed by atoms with van der Waals surface area (Å²) in [5.41, 5.74) is 1.50. The highest BCUT2D eigenvalue weighted by Gasteiger charge is 2.22. The lowest BCUT2D eigenvalue weighted by Gasteiger charge is -2.33. The minimum atomic E-state index is -0.291. The Morgan fingerprint density at radius 2 is 2.17 bits per heavy atom. The average Bonchev–Trinajstić information content (AvgIpc) is 3.04. The quantitative estimate of drug-likeness (QED) is 0.931. The molecule has 1 unspecified atom stereocenters. The summed E-state index contributed by atoms with van der Waals surface area (Å²) < 4.78 is 18.4. The molecule has 1 aromatic heterocycles. The van der Waals surface area contributed by atoms with Crippen LogP contribution in [0.3, 0.4) is 0 Å². The van der Waals surface area contributed by atoms with Gasteiger partial charge in [0.15, 0.2) is 0 Å². The Kier molecular flexibility index (Phi) is 5.13. The lowest BCUT2D eigenvalue weighted by atomic mass is 10.0. The molecule has 3 rings (SSSR count). The molecule has 0 saturated carbocycles. The van der Waals surface area contributed by atoms with Crippen molar-refractivity contribution in [1.29, 1.82) is 0 Å². The molecule has 1 aliphatic rings. The van der Waals surface area contributed by atoms with E-state index in [2.05, 4.69) is 17.2 Å². The molecular formula is C18H22FN3O2. The van der Waals surface area contributed by atoms with Crippen molar-refractivity contribution in [2.24, 2.45) is 0 Å². The number of nitrogens with zero attached hydrogens (tertiary/aromatic N) is 2. The first kappa shape index (κ1) is 16.5. The van der Waals surface area contributed by atoms with Crippen molar-refractivity contribution < 1.29 is 13.6 Å². The molecule has 1 N–H and O–H groups in total. The van der Waals surface area contributed by atoms with Crippen LogP contribution in [0.15, 0.2) is 34.9 Å². The molecule has 2 heterocycles. The smallest absolute Gasteiger partial charge is 0.317 e. The number of rotatable bonds is 4. The highest BCUT2D eigenvalue weighted by molar-refractivity contribution is 5.74. The van der Waals surface area contributed by atoms with Crippen LogP contribution in [0.5, 0.6) is 0 Å². The van der Waals surface area contributed by atoms with Crippen molar-refractivity contribution >= 4 is 6.03 Å². The van der Waals surface area contributed by atoms with E-state index in [1.165, 1.54) is 18.6 Å². The second-order valence-corrected chi connectivity index (χ2v) is 6.17. The third-order valence-corrected chi connectivity index (χ3v) is 4.36. The fraction of sp³-hybridized carbons (Fsp3) is 0.444. The topological polar surface area (TPSA) is 58.4 Å². The second kappa shape index (κ2) is 7.47. The van der Waals surface area contributed by atoms with Gasteiger partial charge in [0.2, 0.25) is 5.89 Å². The van der Waals surface area contributed by atoms with Gasteiger partial charge in [-0.2, -0.15) is 0 Å². The van der Waals surface area contributed by atoms with Crippen LogP contribution in [0.25, 0.3) is 11.5 Å². The standard InChI is InChI=1S/C18H22FN3O2/c1-13-4-2-3-11-22(13)18(23)20-10-9-16-12-24-17(21-16)14-5-7-15(19)8-6-14/h5-8,12-13H,2-4,9-11H2,1H3,(H,20,23). The number of likely N-dealkylation sites (tertiary alicyclic amines) is 1. The summed E-state index contributed by atoms with van der Waals surface area (Å²) >= 11 is 0. The average molecular weight is 331 g/mol. The molecule has 5 nitrogen and oxygen atoms in total. The van der Waals surface area contributed by atoms with Crippen molar-refractivity contribution in [2.45, 2.75) is 38.6 Å². The number of carbonyl (C=O) groups is 1. The molecule has 1 aromatic carbocycles. The van der Waals surface area contributed by atoms with E-state index in [-0.39, 0.29) is 11.8 Å². The number of oxazole rings is 1. The van der Waals surface area contributed by atoms with Crippen LogP contribution in [0.2, 0.25) is 0 Å². The van der Waals surface area contributed by atoms with Crippen molar-refractivity contribution in [1.82, 2.24) is 15.2 Å². The van der Waals surface area contributed by atoms with Gasteiger partial charge >= 0.3 is 6.03 Å². The van der Waals surface area contributed by atoms with Crippen LogP contribution in [-0.4, -0.2) is 35.0 Å². The van der Waals surface area contributed by atoms with Gasteiger partial charge in [-0.05, 0) is 50.5 Å². The molecular weight excluding hydrogens is 309 g/mol. The van der Waals surface area contributed by atoms with Crippen molar-refractivity contribution in [3.05, 3.63) is 42.0 Å². The van der Waals surface area contributed by atoms with Gasteiger partial charge in [0.05, 0.1) is 5.69 Å². The van der Waals surface area contributed by atoms with E-state index in [9.17, 15) is 9.18 Å². The number of hydrogen-bond donors (Lipinski definition) is 1. The van der Waals surface area contributed by atoms with E-state index < -0.39 is 0 Å². The first-order valence-corrected chi connectivity index (χ1v) is 8.38. The van der Waals surface area contributed by atoms with Gasteiger partial charge in [0.1, 0.15) is 12.1 Å². The van der Waals surface area contributed by atoms with Gasteiger partial charge in [0.25, 0.3) is 0 Å². The zero-order valence-electron chi connectivity index (χ0n) is 13.8. The fourth-order valence-electron chi connectivity index (χ4n) is 2.95. The molecule has 6 heteroatoms. The molecule has 0 aliphatic carbocycles. The van der Waals surface area contributed by atoms with Crippen molar-refractivity contribution in [3.8, 4) is 11.5 Å². The number of aromatic nitrogens is 1. The first-order chi connectivity index (χ1) is 11.6. The number of carbonyl (C=O) groups excluding carboxylic acids is 1. The van der Waals surface area contributed by atoms with E-state index in [1.807, 2.05) is 4.90 Å². The first-order valence-electron chi connectivity index (χ1n) is 8.38. The van der Waals surface area contributed by atoms with Gasteiger partial charge in [0, 0.05) is 31.1 Å². The Balaban J connectivity index is 1.50. The molecule has 2 amide bonds. The number of benzene rings is 1. The van der Waals surface area contributed by atoms with Crippen LogP contribution >= 0.6 is 0 Å². The number of amides is 2. The number of hydrogen-bond acceptors (Lipinski definition) is 3. The molecule has 128 valence electrons. The van der Waals surface area contributed by atoms with Crippen LogP contribution in [0, 0.1) is 5.82 Å². The van der Waals surface area contributed by atoms with Crippen LogP contribution < -0.4 is 5.32 Å². The molecule has 1 aliphatic heterocycles. The van der Waals surface area contributed by atoms with Crippen molar-refractivity contribution in [2.75, 3.05) is 13.1 Å². The molecule has 2 aromatic rings. The molecule has 0 spiro atoms. The number of piperidine rings is 1. The minimum absolute atomic E-state index is 0.00977. The third-order valence-electron chi connectivity index (χ3n) is 4.36. The maximum atomic E-state index is 12.9. The summed E-state index contributed by atoms with van der Waals surface area (Å²) in [7, 11) is 0. The maximum Gasteiger partial charge on any atom is 0.317 e. The SMILES string of the molecule is CC1CCCCN1C(=O)NCCc1coc(-c2ccc(F)cc2)n1. The van der Waals surface area contributed by atoms with Gasteiger partial charge in [-0.3, -0.25) is 0 Å². The normalized spacial score (nSPS) is 17.8. The van der Waals surface area contributed by atoms with Crippen LogP contribution in [0.1, 0.15) is 31.9 Å². The summed E-state index contributed by atoms with van der Waals surface area (Å²) in [5.74, 6) is 0.168. The molecule has 0 bridgehead atoms. The Hall–Kier alpha value is -2.37. The summed E-state index contributed by atoms with van der Waals surface area (Å²) in [4.78, 5) is 18.5. The largest absolute Gasteiger partial charge is 0.444 e. The summed E-state index contributed by atoms with van der Waals surface area (Å²) in [5, 5.41) is 2.94. The Morgan fingerprint density at radius 3 is 2.92 bits per heavy atom. The number of halogens is 1. The Morgan fingerprint density at radius 1 is 1.38 bits per heavy atom. The fourth-order valence-corrected chi connectivity index (χ4v) is 2.95. The van der Waals surface area contributed by atoms with Gasteiger partial charge in [-0.1, -0.05) is 0 Å². The molecule has 0 radical (unpaired) electrons. The Bertz CT molecular complexity index is 684. The highest BCUT2D eigenvalue weighted by atomic mass is 19.1. The van der Waals surface area contributed by atoms with Gasteiger partial charge < -0.3 is 14.6 Å². The molecule has 24 heavy (non-hydrogen) atoms. The maximum absolute atomic E-state index is 12.9. The lowest BCUT2D eigenvalue weighted by molar-refractivity contribution is 0.158. The molecule has 1 fully saturated rings. The monoisotopic (exact) mass is 331 g/mol. The predicted molar refractivity (Wildman–Crippen MR) is 89.0 cm³/mol. The van der Waals surface area contributed by atoms with Gasteiger partial charge in [-0.25, -0.2) is 14.2 Å². The highest BCUT2D eigenvalue weighted by Crippen LogP contribution is 2.19. The summed E-state index contributed by atoms with van der Waals surface area (Å²) in [6.07, 6.45) is 5.50. The zero-order chi connectivity index (χ0) is 16.9. The number of nitrogens with one attached hydrogen (secondary N) is 1.